The SMILES string of the molecule is CCOc1ccc(CCNC(=O)[C@@H]2CC(=O)N(Cc3ccc(OC)cc3)C2)cc1OCC. The van der Waals surface area contributed by atoms with Gasteiger partial charge in [0.1, 0.15) is 5.75 Å². The maximum absolute atomic E-state index is 12.6. The zero-order valence-electron chi connectivity index (χ0n) is 19.1. The first-order chi connectivity index (χ1) is 15.5. The molecule has 172 valence electrons. The fraction of sp³-hybridized carbons (Fsp3) is 0.440. The second-order valence-electron chi connectivity index (χ2n) is 7.71. The van der Waals surface area contributed by atoms with Crippen LogP contribution in [0.2, 0.25) is 0 Å². The van der Waals surface area contributed by atoms with Crippen LogP contribution in [0.15, 0.2) is 42.5 Å². The van der Waals surface area contributed by atoms with Gasteiger partial charge in [0.2, 0.25) is 11.8 Å². The van der Waals surface area contributed by atoms with Crippen molar-refractivity contribution < 1.29 is 23.8 Å². The van der Waals surface area contributed by atoms with Gasteiger partial charge in [-0.25, -0.2) is 0 Å². The summed E-state index contributed by atoms with van der Waals surface area (Å²) in [6.45, 7) is 6.44. The second-order valence-corrected chi connectivity index (χ2v) is 7.71. The number of nitrogens with zero attached hydrogens (tertiary/aromatic N) is 1. The number of amides is 2. The quantitative estimate of drug-likeness (QED) is 0.581. The van der Waals surface area contributed by atoms with Crippen LogP contribution < -0.4 is 19.5 Å². The highest BCUT2D eigenvalue weighted by atomic mass is 16.5. The highest BCUT2D eigenvalue weighted by molar-refractivity contribution is 5.89. The zero-order valence-corrected chi connectivity index (χ0v) is 19.1. The summed E-state index contributed by atoms with van der Waals surface area (Å²) < 4.78 is 16.4. The fourth-order valence-corrected chi connectivity index (χ4v) is 3.78. The summed E-state index contributed by atoms with van der Waals surface area (Å²) in [4.78, 5) is 26.8. The Labute approximate surface area is 189 Å². The van der Waals surface area contributed by atoms with E-state index in [9.17, 15) is 9.59 Å². The van der Waals surface area contributed by atoms with E-state index in [4.69, 9.17) is 14.2 Å². The summed E-state index contributed by atoms with van der Waals surface area (Å²) in [7, 11) is 1.62. The lowest BCUT2D eigenvalue weighted by Gasteiger charge is -2.17. The van der Waals surface area contributed by atoms with Crippen molar-refractivity contribution in [2.24, 2.45) is 5.92 Å². The van der Waals surface area contributed by atoms with Gasteiger partial charge in [-0.1, -0.05) is 18.2 Å². The highest BCUT2D eigenvalue weighted by Gasteiger charge is 2.34. The van der Waals surface area contributed by atoms with Crippen molar-refractivity contribution in [3.63, 3.8) is 0 Å². The predicted molar refractivity (Wildman–Crippen MR) is 122 cm³/mol. The van der Waals surface area contributed by atoms with Gasteiger partial charge in [0.25, 0.3) is 0 Å². The number of carbonyl (C=O) groups is 2. The van der Waals surface area contributed by atoms with Gasteiger partial charge in [-0.15, -0.1) is 0 Å². The molecule has 2 aromatic rings. The second kappa shape index (κ2) is 11.4. The molecule has 2 amide bonds. The van der Waals surface area contributed by atoms with E-state index in [0.717, 1.165) is 22.6 Å². The van der Waals surface area contributed by atoms with Gasteiger partial charge in [0, 0.05) is 26.1 Å². The topological polar surface area (TPSA) is 77.1 Å². The number of likely N-dealkylation sites (tertiary alicyclic amines) is 1. The Hall–Kier alpha value is -3.22. The van der Waals surface area contributed by atoms with E-state index >= 15 is 0 Å². The molecule has 0 aromatic heterocycles. The van der Waals surface area contributed by atoms with Gasteiger partial charge in [0.15, 0.2) is 11.5 Å². The molecule has 0 bridgehead atoms. The molecule has 32 heavy (non-hydrogen) atoms. The van der Waals surface area contributed by atoms with Crippen molar-refractivity contribution in [1.29, 1.82) is 0 Å². The van der Waals surface area contributed by atoms with E-state index in [2.05, 4.69) is 5.32 Å². The maximum Gasteiger partial charge on any atom is 0.225 e. The van der Waals surface area contributed by atoms with E-state index in [1.807, 2.05) is 56.3 Å². The molecule has 0 unspecified atom stereocenters. The zero-order chi connectivity index (χ0) is 22.9. The van der Waals surface area contributed by atoms with Crippen LogP contribution in [0.25, 0.3) is 0 Å². The number of benzene rings is 2. The fourth-order valence-electron chi connectivity index (χ4n) is 3.78. The molecule has 1 aliphatic heterocycles. The monoisotopic (exact) mass is 440 g/mol. The lowest BCUT2D eigenvalue weighted by atomic mass is 10.1. The van der Waals surface area contributed by atoms with Crippen LogP contribution in [-0.2, 0) is 22.6 Å². The Bertz CT molecular complexity index is 913. The summed E-state index contributed by atoms with van der Waals surface area (Å²) in [5, 5.41) is 2.98. The molecule has 7 heteroatoms. The van der Waals surface area contributed by atoms with Gasteiger partial charge in [-0.2, -0.15) is 0 Å². The predicted octanol–water partition coefficient (Wildman–Crippen LogP) is 3.20. The van der Waals surface area contributed by atoms with Crippen LogP contribution in [0.3, 0.4) is 0 Å². The largest absolute Gasteiger partial charge is 0.497 e. The highest BCUT2D eigenvalue weighted by Crippen LogP contribution is 2.28. The van der Waals surface area contributed by atoms with E-state index in [0.29, 0.717) is 45.0 Å². The number of methoxy groups -OCH3 is 1. The van der Waals surface area contributed by atoms with Gasteiger partial charge in [0.05, 0.1) is 26.2 Å². The minimum absolute atomic E-state index is 0.00818. The number of ether oxygens (including phenoxy) is 3. The molecule has 0 aliphatic carbocycles. The van der Waals surface area contributed by atoms with Crippen molar-refractivity contribution in [2.75, 3.05) is 33.4 Å². The van der Waals surface area contributed by atoms with Crippen molar-refractivity contribution in [3.8, 4) is 17.2 Å². The first-order valence-electron chi connectivity index (χ1n) is 11.1. The molecule has 2 aromatic carbocycles. The molecule has 1 fully saturated rings. The first-order valence-corrected chi connectivity index (χ1v) is 11.1. The molecule has 7 nitrogen and oxygen atoms in total. The third kappa shape index (κ3) is 6.15. The summed E-state index contributed by atoms with van der Waals surface area (Å²) >= 11 is 0. The minimum atomic E-state index is -0.319. The standard InChI is InChI=1S/C25H32N2O5/c1-4-31-22-11-8-18(14-23(22)32-5-2)12-13-26-25(29)20-15-24(28)27(17-20)16-19-6-9-21(30-3)10-7-19/h6-11,14,20H,4-5,12-13,15-17H2,1-3H3,(H,26,29)/t20-/m1/s1. The summed E-state index contributed by atoms with van der Waals surface area (Å²) in [6.07, 6.45) is 0.925. The first kappa shape index (κ1) is 23.4. The van der Waals surface area contributed by atoms with E-state index in [1.54, 1.807) is 12.0 Å². The number of carbonyl (C=O) groups excluding carboxylic acids is 2. The van der Waals surface area contributed by atoms with Gasteiger partial charge in [-0.05, 0) is 55.7 Å². The van der Waals surface area contributed by atoms with Crippen molar-refractivity contribution in [2.45, 2.75) is 33.2 Å². The summed E-state index contributed by atoms with van der Waals surface area (Å²) in [5.74, 6) is 1.83. The molecular formula is C25H32N2O5. The maximum atomic E-state index is 12.6. The summed E-state index contributed by atoms with van der Waals surface area (Å²) in [6, 6.07) is 13.5. The Morgan fingerprint density at radius 3 is 2.41 bits per heavy atom. The molecule has 0 spiro atoms. The van der Waals surface area contributed by atoms with E-state index in [-0.39, 0.29) is 24.2 Å². The molecular weight excluding hydrogens is 408 g/mol. The Kier molecular flexibility index (Phi) is 8.36. The van der Waals surface area contributed by atoms with Crippen LogP contribution in [-0.4, -0.2) is 50.1 Å². The number of hydrogen-bond donors (Lipinski definition) is 1. The molecule has 0 saturated carbocycles. The Morgan fingerprint density at radius 2 is 1.72 bits per heavy atom. The molecule has 1 heterocycles. The van der Waals surface area contributed by atoms with Crippen LogP contribution in [0.1, 0.15) is 31.4 Å². The lowest BCUT2D eigenvalue weighted by molar-refractivity contribution is -0.129. The van der Waals surface area contributed by atoms with Gasteiger partial charge in [-0.3, -0.25) is 9.59 Å². The van der Waals surface area contributed by atoms with Gasteiger partial charge >= 0.3 is 0 Å². The van der Waals surface area contributed by atoms with Crippen molar-refractivity contribution in [1.82, 2.24) is 10.2 Å². The minimum Gasteiger partial charge on any atom is -0.497 e. The van der Waals surface area contributed by atoms with Crippen LogP contribution in [0.5, 0.6) is 17.2 Å². The van der Waals surface area contributed by atoms with Gasteiger partial charge < -0.3 is 24.4 Å². The molecule has 1 saturated heterocycles. The van der Waals surface area contributed by atoms with Crippen LogP contribution in [0, 0.1) is 5.92 Å². The number of rotatable bonds is 11. The molecule has 0 radical (unpaired) electrons. The average molecular weight is 441 g/mol. The third-order valence-corrected chi connectivity index (χ3v) is 5.44. The smallest absolute Gasteiger partial charge is 0.225 e. The Balaban J connectivity index is 1.48. The van der Waals surface area contributed by atoms with Crippen molar-refractivity contribution in [3.05, 3.63) is 53.6 Å². The van der Waals surface area contributed by atoms with Crippen molar-refractivity contribution >= 4 is 11.8 Å². The average Bonchev–Trinajstić information content (AvgIpc) is 3.16. The van der Waals surface area contributed by atoms with Crippen LogP contribution >= 0.6 is 0 Å². The normalized spacial score (nSPS) is 15.5. The van der Waals surface area contributed by atoms with E-state index in [1.165, 1.54) is 0 Å². The lowest BCUT2D eigenvalue weighted by Crippen LogP contribution is -2.34. The number of hydrogen-bond acceptors (Lipinski definition) is 5. The van der Waals surface area contributed by atoms with Crippen LogP contribution in [0.4, 0.5) is 0 Å². The molecule has 1 aliphatic rings. The Morgan fingerprint density at radius 1 is 1.03 bits per heavy atom. The van der Waals surface area contributed by atoms with E-state index < -0.39 is 0 Å². The number of nitrogens with one attached hydrogen (secondary N) is 1. The molecule has 1 atom stereocenters. The molecule has 3 rings (SSSR count). The summed E-state index contributed by atoms with van der Waals surface area (Å²) in [5.41, 5.74) is 2.07. The molecule has 1 N–H and O–H groups in total. The third-order valence-electron chi connectivity index (χ3n) is 5.44.